The molecular formula is C21H24N2O5. The van der Waals surface area contributed by atoms with Crippen LogP contribution in [0.1, 0.15) is 11.1 Å². The Labute approximate surface area is 164 Å². The van der Waals surface area contributed by atoms with Crippen LogP contribution >= 0.6 is 0 Å². The quantitative estimate of drug-likeness (QED) is 0.788. The van der Waals surface area contributed by atoms with Crippen molar-refractivity contribution in [2.45, 2.75) is 13.0 Å². The van der Waals surface area contributed by atoms with Crippen molar-refractivity contribution < 1.29 is 24.2 Å². The summed E-state index contributed by atoms with van der Waals surface area (Å²) in [5.74, 6) is 0.0734. The number of para-hydroxylation sites is 1. The molecule has 0 saturated carbocycles. The Morgan fingerprint density at radius 3 is 2.32 bits per heavy atom. The maximum Gasteiger partial charge on any atom is 0.323 e. The van der Waals surface area contributed by atoms with Crippen molar-refractivity contribution in [1.29, 1.82) is 0 Å². The van der Waals surface area contributed by atoms with E-state index in [2.05, 4.69) is 0 Å². The fourth-order valence-corrected chi connectivity index (χ4v) is 3.42. The zero-order valence-corrected chi connectivity index (χ0v) is 16.1. The van der Waals surface area contributed by atoms with E-state index in [9.17, 15) is 14.7 Å². The van der Waals surface area contributed by atoms with Gasteiger partial charge in [0.2, 0.25) is 5.91 Å². The third-order valence-corrected chi connectivity index (χ3v) is 4.82. The molecule has 1 heterocycles. The van der Waals surface area contributed by atoms with Gasteiger partial charge in [0, 0.05) is 18.8 Å². The minimum atomic E-state index is -1.04. The predicted octanol–water partition coefficient (Wildman–Crippen LogP) is 2.18. The summed E-state index contributed by atoms with van der Waals surface area (Å²) in [5.41, 5.74) is 2.84. The van der Waals surface area contributed by atoms with Gasteiger partial charge in [-0.3, -0.25) is 14.5 Å². The molecule has 2 aromatic carbocycles. The molecule has 1 aliphatic rings. The minimum absolute atomic E-state index is 0.149. The van der Waals surface area contributed by atoms with Gasteiger partial charge < -0.3 is 19.5 Å². The molecule has 2 aromatic rings. The number of hydrogen-bond donors (Lipinski definition) is 1. The molecule has 0 bridgehead atoms. The van der Waals surface area contributed by atoms with E-state index in [0.29, 0.717) is 30.3 Å². The lowest BCUT2D eigenvalue weighted by Gasteiger charge is -2.31. The summed E-state index contributed by atoms with van der Waals surface area (Å²) in [7, 11) is 3.21. The van der Waals surface area contributed by atoms with Crippen molar-refractivity contribution in [3.8, 4) is 11.5 Å². The van der Waals surface area contributed by atoms with E-state index in [0.717, 1.165) is 12.0 Å². The summed E-state index contributed by atoms with van der Waals surface area (Å²) in [6.07, 6.45) is 0.785. The fraction of sp³-hybridized carbons (Fsp3) is 0.333. The second-order valence-electron chi connectivity index (χ2n) is 6.65. The first kappa shape index (κ1) is 19.7. The van der Waals surface area contributed by atoms with Crippen molar-refractivity contribution in [3.63, 3.8) is 0 Å². The molecule has 7 nitrogen and oxygen atoms in total. The lowest BCUT2D eigenvalue weighted by Crippen LogP contribution is -2.44. The normalized spacial score (nSPS) is 13.5. The fourth-order valence-electron chi connectivity index (χ4n) is 3.42. The molecule has 0 spiro atoms. The van der Waals surface area contributed by atoms with Gasteiger partial charge in [0.05, 0.1) is 20.8 Å². The van der Waals surface area contributed by atoms with Crippen LogP contribution in [-0.2, 0) is 22.6 Å². The topological polar surface area (TPSA) is 79.3 Å². The number of carboxylic acid groups (broad SMARTS) is 1. The summed E-state index contributed by atoms with van der Waals surface area (Å²) >= 11 is 0. The number of nitrogens with zero attached hydrogens (tertiary/aromatic N) is 2. The molecule has 1 N–H and O–H groups in total. The molecule has 7 heteroatoms. The number of aliphatic carboxylic acids is 1. The highest BCUT2D eigenvalue weighted by atomic mass is 16.5. The van der Waals surface area contributed by atoms with Crippen molar-refractivity contribution in [2.75, 3.05) is 38.8 Å². The highest BCUT2D eigenvalue weighted by Gasteiger charge is 2.25. The van der Waals surface area contributed by atoms with E-state index >= 15 is 0 Å². The van der Waals surface area contributed by atoms with Crippen LogP contribution in [0.15, 0.2) is 42.5 Å². The second kappa shape index (κ2) is 8.75. The van der Waals surface area contributed by atoms with Gasteiger partial charge in [0.25, 0.3) is 0 Å². The van der Waals surface area contributed by atoms with E-state index in [1.807, 2.05) is 23.1 Å². The van der Waals surface area contributed by atoms with Crippen LogP contribution in [-0.4, -0.2) is 55.7 Å². The van der Waals surface area contributed by atoms with E-state index in [1.54, 1.807) is 38.5 Å². The maximum absolute atomic E-state index is 12.9. The van der Waals surface area contributed by atoms with Crippen molar-refractivity contribution in [2.24, 2.45) is 0 Å². The van der Waals surface area contributed by atoms with Crippen LogP contribution in [0.5, 0.6) is 11.5 Å². The van der Waals surface area contributed by atoms with Gasteiger partial charge in [-0.15, -0.1) is 0 Å². The number of anilines is 1. The van der Waals surface area contributed by atoms with E-state index in [-0.39, 0.29) is 19.0 Å². The first-order valence-electron chi connectivity index (χ1n) is 9.05. The third-order valence-electron chi connectivity index (χ3n) is 4.82. The third kappa shape index (κ3) is 4.43. The summed E-state index contributed by atoms with van der Waals surface area (Å²) in [6.45, 7) is 1.09. The predicted molar refractivity (Wildman–Crippen MR) is 105 cm³/mol. The van der Waals surface area contributed by atoms with Crippen molar-refractivity contribution in [1.82, 2.24) is 4.90 Å². The Kier molecular flexibility index (Phi) is 6.16. The second-order valence-corrected chi connectivity index (χ2v) is 6.65. The van der Waals surface area contributed by atoms with Crippen LogP contribution in [0.25, 0.3) is 0 Å². The largest absolute Gasteiger partial charge is 0.493 e. The number of fused-ring (bicyclic) bond motifs is 1. The first-order chi connectivity index (χ1) is 13.5. The number of carbonyl (C=O) groups is 2. The molecule has 3 rings (SSSR count). The van der Waals surface area contributed by atoms with Gasteiger partial charge in [-0.1, -0.05) is 18.2 Å². The Balaban J connectivity index is 1.74. The zero-order valence-electron chi connectivity index (χ0n) is 16.1. The maximum atomic E-state index is 12.9. The van der Waals surface area contributed by atoms with Crippen molar-refractivity contribution in [3.05, 3.63) is 53.6 Å². The monoisotopic (exact) mass is 384 g/mol. The number of carboxylic acids is 1. The van der Waals surface area contributed by atoms with Gasteiger partial charge in [-0.2, -0.15) is 0 Å². The zero-order chi connectivity index (χ0) is 20.1. The highest BCUT2D eigenvalue weighted by Crippen LogP contribution is 2.33. The van der Waals surface area contributed by atoms with Crippen molar-refractivity contribution >= 4 is 17.6 Å². The smallest absolute Gasteiger partial charge is 0.323 e. The first-order valence-corrected chi connectivity index (χ1v) is 9.05. The van der Waals surface area contributed by atoms with Gasteiger partial charge in [-0.25, -0.2) is 0 Å². The van der Waals surface area contributed by atoms with E-state index < -0.39 is 5.97 Å². The molecule has 1 aliphatic heterocycles. The molecule has 0 aromatic heterocycles. The highest BCUT2D eigenvalue weighted by molar-refractivity contribution is 5.98. The average Bonchev–Trinajstić information content (AvgIpc) is 2.71. The Morgan fingerprint density at radius 1 is 1.07 bits per heavy atom. The van der Waals surface area contributed by atoms with Crippen LogP contribution in [0.3, 0.4) is 0 Å². The standard InChI is InChI=1S/C21H24N2O5/c1-27-18-10-15-8-9-22(12-16(15)11-19(18)28-2)13-20(24)23(14-21(25)26)17-6-4-3-5-7-17/h3-7,10-11H,8-9,12-14H2,1-2H3,(H,25,26). The minimum Gasteiger partial charge on any atom is -0.493 e. The number of rotatable bonds is 7. The molecule has 0 unspecified atom stereocenters. The molecule has 148 valence electrons. The Morgan fingerprint density at radius 2 is 1.71 bits per heavy atom. The van der Waals surface area contributed by atoms with Crippen LogP contribution in [0.4, 0.5) is 5.69 Å². The van der Waals surface area contributed by atoms with Crippen LogP contribution in [0, 0.1) is 0 Å². The number of methoxy groups -OCH3 is 2. The number of ether oxygens (including phenoxy) is 2. The molecule has 28 heavy (non-hydrogen) atoms. The molecule has 0 saturated heterocycles. The molecular weight excluding hydrogens is 360 g/mol. The van der Waals surface area contributed by atoms with Gasteiger partial charge >= 0.3 is 5.97 Å². The van der Waals surface area contributed by atoms with E-state index in [4.69, 9.17) is 9.47 Å². The average molecular weight is 384 g/mol. The van der Waals surface area contributed by atoms with E-state index in [1.165, 1.54) is 10.5 Å². The summed E-state index contributed by atoms with van der Waals surface area (Å²) in [5, 5.41) is 9.20. The summed E-state index contributed by atoms with van der Waals surface area (Å²) in [6, 6.07) is 12.8. The molecule has 0 fully saturated rings. The summed E-state index contributed by atoms with van der Waals surface area (Å²) in [4.78, 5) is 27.4. The SMILES string of the molecule is COc1cc2c(cc1OC)CN(CC(=O)N(CC(=O)O)c1ccccc1)CC2. The molecule has 1 amide bonds. The summed E-state index contributed by atoms with van der Waals surface area (Å²) < 4.78 is 10.7. The molecule has 0 radical (unpaired) electrons. The number of carbonyl (C=O) groups excluding carboxylic acids is 1. The van der Waals surface area contributed by atoms with Crippen LogP contribution in [0.2, 0.25) is 0 Å². The molecule has 0 atom stereocenters. The Hall–Kier alpha value is -3.06. The van der Waals surface area contributed by atoms with Gasteiger partial charge in [0.1, 0.15) is 6.54 Å². The lowest BCUT2D eigenvalue weighted by molar-refractivity contribution is -0.136. The number of amides is 1. The number of hydrogen-bond acceptors (Lipinski definition) is 5. The van der Waals surface area contributed by atoms with Crippen LogP contribution < -0.4 is 14.4 Å². The van der Waals surface area contributed by atoms with Gasteiger partial charge in [-0.05, 0) is 41.8 Å². The van der Waals surface area contributed by atoms with Gasteiger partial charge in [0.15, 0.2) is 11.5 Å². The number of benzene rings is 2. The molecule has 0 aliphatic carbocycles. The lowest BCUT2D eigenvalue weighted by atomic mass is 9.98. The Bertz CT molecular complexity index is 853.